The second kappa shape index (κ2) is 14.0. The first-order valence-corrected chi connectivity index (χ1v) is 20.5. The number of benzene rings is 5. The number of aryl methyl sites for hydroxylation is 4. The Hall–Kier alpha value is -5.74. The third-order valence-corrected chi connectivity index (χ3v) is 13.9. The van der Waals surface area contributed by atoms with Gasteiger partial charge in [-0.3, -0.25) is 0 Å². The molecule has 58 heavy (non-hydrogen) atoms. The Morgan fingerprint density at radius 3 is 0.690 bits per heavy atom. The highest BCUT2D eigenvalue weighted by Gasteiger charge is 2.44. The van der Waals surface area contributed by atoms with Gasteiger partial charge < -0.3 is 18.9 Å². The van der Waals surface area contributed by atoms with Gasteiger partial charge in [-0.15, -0.1) is 0 Å². The molecule has 0 aliphatic heterocycles. The van der Waals surface area contributed by atoms with Crippen molar-refractivity contribution in [1.82, 2.24) is 0 Å². The van der Waals surface area contributed by atoms with Gasteiger partial charge in [-0.25, -0.2) is 0 Å². The van der Waals surface area contributed by atoms with E-state index in [-0.39, 0.29) is 23.7 Å². The summed E-state index contributed by atoms with van der Waals surface area (Å²) in [6.45, 7) is 17.8. The van der Waals surface area contributed by atoms with E-state index in [1.807, 2.05) is 28.4 Å². The molecule has 4 heteroatoms. The molecular weight excluding hydrogens is 713 g/mol. The van der Waals surface area contributed by atoms with Crippen molar-refractivity contribution in [3.63, 3.8) is 0 Å². The summed E-state index contributed by atoms with van der Waals surface area (Å²) in [6, 6.07) is 31.9. The summed E-state index contributed by atoms with van der Waals surface area (Å²) >= 11 is 0. The van der Waals surface area contributed by atoms with Crippen LogP contribution < -0.4 is 0 Å². The molecule has 4 atom stereocenters. The summed E-state index contributed by atoms with van der Waals surface area (Å²) < 4.78 is 26.1. The first-order valence-electron chi connectivity index (χ1n) is 20.5. The minimum atomic E-state index is -0.137. The molecule has 294 valence electrons. The van der Waals surface area contributed by atoms with E-state index in [4.69, 9.17) is 18.9 Å². The Morgan fingerprint density at radius 1 is 0.293 bits per heavy atom. The number of allylic oxidation sites excluding steroid dienone is 8. The highest BCUT2D eigenvalue weighted by molar-refractivity contribution is 5.86. The van der Waals surface area contributed by atoms with E-state index in [9.17, 15) is 0 Å². The second-order valence-electron chi connectivity index (χ2n) is 16.8. The van der Waals surface area contributed by atoms with Crippen LogP contribution in [0, 0.1) is 27.7 Å². The number of hydrogen-bond acceptors (Lipinski definition) is 4. The maximum atomic E-state index is 6.52. The van der Waals surface area contributed by atoms with Gasteiger partial charge in [0.25, 0.3) is 0 Å². The fourth-order valence-electron chi connectivity index (χ4n) is 11.7. The molecule has 5 aromatic rings. The predicted octanol–water partition coefficient (Wildman–Crippen LogP) is 13.0. The van der Waals surface area contributed by atoms with Gasteiger partial charge in [0.1, 0.15) is 23.0 Å². The van der Waals surface area contributed by atoms with E-state index in [1.54, 1.807) is 0 Å². The van der Waals surface area contributed by atoms with Gasteiger partial charge in [-0.2, -0.15) is 0 Å². The lowest BCUT2D eigenvalue weighted by Crippen LogP contribution is -2.18. The van der Waals surface area contributed by atoms with Crippen LogP contribution in [-0.4, -0.2) is 28.4 Å². The lowest BCUT2D eigenvalue weighted by atomic mass is 9.74. The number of fused-ring (bicyclic) bond motifs is 4. The van der Waals surface area contributed by atoms with E-state index in [0.29, 0.717) is 0 Å². The minimum Gasteiger partial charge on any atom is -0.500 e. The molecule has 0 spiro atoms. The minimum absolute atomic E-state index is 0.137. The lowest BCUT2D eigenvalue weighted by Gasteiger charge is -2.31. The molecule has 4 nitrogen and oxygen atoms in total. The van der Waals surface area contributed by atoms with Gasteiger partial charge in [-0.1, -0.05) is 84.9 Å². The van der Waals surface area contributed by atoms with E-state index in [2.05, 4.69) is 140 Å². The standard InChI is InChI=1S/C54H54O4/c1-27-17-13-21-35-43(27)31(5)51(55-9)47(35)39-25-41(49-37-23-15-19-29(3)45(37)33(7)53(49)57-11)42(50-38-24-16-20-30(4)46(38)34(8)54(50)58-12)26-40(39)48-36-22-14-18-28(2)44(36)32(6)52(48)56-10/h13-26,47-50H,1-12H3. The Labute approximate surface area is 344 Å². The molecule has 0 amide bonds. The van der Waals surface area contributed by atoms with Crippen molar-refractivity contribution in [2.75, 3.05) is 28.4 Å². The molecule has 4 aliphatic carbocycles. The van der Waals surface area contributed by atoms with E-state index < -0.39 is 0 Å². The van der Waals surface area contributed by atoms with E-state index >= 15 is 0 Å². The van der Waals surface area contributed by atoms with Crippen molar-refractivity contribution in [2.45, 2.75) is 79.1 Å². The lowest BCUT2D eigenvalue weighted by molar-refractivity contribution is 0.271. The zero-order valence-corrected chi connectivity index (χ0v) is 36.0. The van der Waals surface area contributed by atoms with Crippen molar-refractivity contribution in [2.24, 2.45) is 0 Å². The average Bonchev–Trinajstić information content (AvgIpc) is 3.88. The molecule has 0 saturated heterocycles. The highest BCUT2D eigenvalue weighted by atomic mass is 16.5. The molecule has 0 fully saturated rings. The van der Waals surface area contributed by atoms with Gasteiger partial charge in [0, 0.05) is 0 Å². The summed E-state index contributed by atoms with van der Waals surface area (Å²) in [5.74, 6) is 3.41. The molecular formula is C54H54O4. The average molecular weight is 767 g/mol. The van der Waals surface area contributed by atoms with Crippen LogP contribution in [0.5, 0.6) is 0 Å². The fraction of sp³-hybridized carbons (Fsp3) is 0.296. The zero-order chi connectivity index (χ0) is 40.9. The SMILES string of the molecule is COC1=C(C)c2c(C)cccc2C1c1cc(C2C(OC)=C(C)c3c(C)cccc32)c(C2C(OC)=C(C)c3c(C)cccc32)cc1C1C(OC)=C(C)c2c(C)cccc21. The van der Waals surface area contributed by atoms with Crippen molar-refractivity contribution in [1.29, 1.82) is 0 Å². The Balaban J connectivity index is 1.46. The summed E-state index contributed by atoms with van der Waals surface area (Å²) in [7, 11) is 7.34. The molecule has 4 unspecified atom stereocenters. The van der Waals surface area contributed by atoms with E-state index in [0.717, 1.165) is 23.0 Å². The summed E-state index contributed by atoms with van der Waals surface area (Å²) in [5.41, 5.74) is 24.8. The molecule has 0 heterocycles. The van der Waals surface area contributed by atoms with Crippen LogP contribution in [0.3, 0.4) is 0 Å². The van der Waals surface area contributed by atoms with Crippen molar-refractivity contribution >= 4 is 22.3 Å². The largest absolute Gasteiger partial charge is 0.500 e. The number of hydrogen-bond donors (Lipinski definition) is 0. The molecule has 0 bridgehead atoms. The smallest absolute Gasteiger partial charge is 0.111 e. The van der Waals surface area contributed by atoms with Crippen LogP contribution >= 0.6 is 0 Å². The Morgan fingerprint density at radius 2 is 0.500 bits per heavy atom. The molecule has 0 aromatic heterocycles. The quantitative estimate of drug-likeness (QED) is 0.158. The van der Waals surface area contributed by atoms with Crippen LogP contribution in [0.15, 0.2) is 108 Å². The molecule has 5 aromatic carbocycles. The maximum absolute atomic E-state index is 6.52. The van der Waals surface area contributed by atoms with E-state index in [1.165, 1.54) is 111 Å². The first-order chi connectivity index (χ1) is 28.0. The van der Waals surface area contributed by atoms with Gasteiger partial charge in [0.15, 0.2) is 0 Å². The number of methoxy groups -OCH3 is 4. The van der Waals surface area contributed by atoms with Crippen LogP contribution in [0.1, 0.15) is 140 Å². The molecule has 0 radical (unpaired) electrons. The zero-order valence-electron chi connectivity index (χ0n) is 36.0. The van der Waals surface area contributed by atoms with Crippen molar-refractivity contribution < 1.29 is 18.9 Å². The normalized spacial score (nSPS) is 20.5. The Kier molecular flexibility index (Phi) is 9.11. The fourth-order valence-corrected chi connectivity index (χ4v) is 11.7. The molecule has 4 aliphatic rings. The number of rotatable bonds is 8. The topological polar surface area (TPSA) is 36.9 Å². The number of ether oxygens (including phenoxy) is 4. The van der Waals surface area contributed by atoms with Gasteiger partial charge in [-0.05, 0) is 167 Å². The van der Waals surface area contributed by atoms with Crippen LogP contribution in [-0.2, 0) is 18.9 Å². The third-order valence-electron chi connectivity index (χ3n) is 13.9. The summed E-state index contributed by atoms with van der Waals surface area (Å²) in [6.07, 6.45) is 0. The third kappa shape index (κ3) is 5.13. The highest BCUT2D eigenvalue weighted by Crippen LogP contribution is 2.58. The molecule has 0 N–H and O–H groups in total. The Bertz CT molecular complexity index is 2350. The summed E-state index contributed by atoms with van der Waals surface area (Å²) in [5, 5.41) is 0. The summed E-state index contributed by atoms with van der Waals surface area (Å²) in [4.78, 5) is 0. The van der Waals surface area contributed by atoms with Crippen molar-refractivity contribution in [3.8, 4) is 0 Å². The molecule has 9 rings (SSSR count). The van der Waals surface area contributed by atoms with Gasteiger partial charge in [0.2, 0.25) is 0 Å². The second-order valence-corrected chi connectivity index (χ2v) is 16.8. The monoisotopic (exact) mass is 766 g/mol. The van der Waals surface area contributed by atoms with Crippen LogP contribution in [0.25, 0.3) is 22.3 Å². The van der Waals surface area contributed by atoms with Crippen molar-refractivity contribution in [3.05, 3.63) is 197 Å². The molecule has 0 saturated carbocycles. The maximum Gasteiger partial charge on any atom is 0.111 e. The van der Waals surface area contributed by atoms with Gasteiger partial charge in [0.05, 0.1) is 52.1 Å². The predicted molar refractivity (Wildman–Crippen MR) is 237 cm³/mol. The first kappa shape index (κ1) is 37.8. The van der Waals surface area contributed by atoms with Gasteiger partial charge >= 0.3 is 0 Å². The van der Waals surface area contributed by atoms with Crippen LogP contribution in [0.2, 0.25) is 0 Å². The van der Waals surface area contributed by atoms with Crippen LogP contribution in [0.4, 0.5) is 0 Å².